The van der Waals surface area contributed by atoms with Crippen LogP contribution in [0, 0.1) is 0 Å². The highest BCUT2D eigenvalue weighted by Crippen LogP contribution is 2.22. The maximum absolute atomic E-state index is 12.0. The molecule has 0 aliphatic heterocycles. The molecule has 0 atom stereocenters. The number of halogens is 1. The van der Waals surface area contributed by atoms with Gasteiger partial charge < -0.3 is 21.1 Å². The van der Waals surface area contributed by atoms with Crippen LogP contribution in [0.2, 0.25) is 5.02 Å². The molecular weight excluding hydrogens is 334 g/mol. The van der Waals surface area contributed by atoms with Gasteiger partial charge >= 0.3 is 17.8 Å². The van der Waals surface area contributed by atoms with E-state index in [1.807, 2.05) is 0 Å². The molecule has 0 aromatic heterocycles. The first kappa shape index (κ1) is 17.3. The zero-order chi connectivity index (χ0) is 17.7. The van der Waals surface area contributed by atoms with Crippen LogP contribution in [0.1, 0.15) is 10.4 Å². The summed E-state index contributed by atoms with van der Waals surface area (Å²) >= 11 is 5.85. The molecule has 2 rings (SSSR count). The van der Waals surface area contributed by atoms with Crippen molar-refractivity contribution in [2.45, 2.75) is 0 Å². The molecule has 7 nitrogen and oxygen atoms in total. The summed E-state index contributed by atoms with van der Waals surface area (Å²) in [5.41, 5.74) is 6.54. The molecule has 0 unspecified atom stereocenters. The smallest absolute Gasteiger partial charge is 0.339 e. The molecule has 124 valence electrons. The number of para-hydroxylation sites is 1. The minimum absolute atomic E-state index is 0.136. The number of carbonyl (C=O) groups is 3. The van der Waals surface area contributed by atoms with Gasteiger partial charge in [0.25, 0.3) is 0 Å². The molecule has 2 aromatic carbocycles. The van der Waals surface area contributed by atoms with Crippen LogP contribution in [0.5, 0.6) is 0 Å². The molecule has 0 aliphatic carbocycles. The molecule has 0 fully saturated rings. The van der Waals surface area contributed by atoms with Gasteiger partial charge in [0.15, 0.2) is 0 Å². The number of hydrogen-bond acceptors (Lipinski definition) is 5. The summed E-state index contributed by atoms with van der Waals surface area (Å²) in [6, 6.07) is 10.6. The number of methoxy groups -OCH3 is 1. The van der Waals surface area contributed by atoms with E-state index in [4.69, 9.17) is 17.3 Å². The Balaban J connectivity index is 2.11. The van der Waals surface area contributed by atoms with Gasteiger partial charge in [-0.2, -0.15) is 0 Å². The third kappa shape index (κ3) is 4.02. The van der Waals surface area contributed by atoms with Crippen LogP contribution in [0.25, 0.3) is 0 Å². The Hall–Kier alpha value is -3.06. The highest BCUT2D eigenvalue weighted by atomic mass is 35.5. The zero-order valence-electron chi connectivity index (χ0n) is 12.6. The zero-order valence-corrected chi connectivity index (χ0v) is 13.4. The number of hydrogen-bond donors (Lipinski definition) is 3. The highest BCUT2D eigenvalue weighted by molar-refractivity contribution is 6.44. The Kier molecular flexibility index (Phi) is 5.39. The second kappa shape index (κ2) is 7.47. The maximum Gasteiger partial charge on any atom is 0.339 e. The minimum atomic E-state index is -0.945. The van der Waals surface area contributed by atoms with Crippen molar-refractivity contribution in [2.24, 2.45) is 0 Å². The monoisotopic (exact) mass is 347 g/mol. The molecule has 0 heterocycles. The van der Waals surface area contributed by atoms with E-state index in [2.05, 4.69) is 15.4 Å². The van der Waals surface area contributed by atoms with Crippen LogP contribution in [-0.2, 0) is 14.3 Å². The third-order valence-electron chi connectivity index (χ3n) is 3.05. The van der Waals surface area contributed by atoms with Crippen molar-refractivity contribution in [3.05, 3.63) is 53.1 Å². The molecule has 8 heteroatoms. The van der Waals surface area contributed by atoms with Crippen molar-refractivity contribution in [2.75, 3.05) is 23.5 Å². The second-order valence-corrected chi connectivity index (χ2v) is 5.09. The average Bonchev–Trinajstić information content (AvgIpc) is 2.58. The van der Waals surface area contributed by atoms with Crippen molar-refractivity contribution >= 4 is 46.4 Å². The predicted octanol–water partition coefficient (Wildman–Crippen LogP) is 2.29. The number of rotatable bonds is 3. The van der Waals surface area contributed by atoms with Gasteiger partial charge in [-0.05, 0) is 30.3 Å². The molecule has 0 aliphatic rings. The van der Waals surface area contributed by atoms with E-state index >= 15 is 0 Å². The first-order valence-corrected chi connectivity index (χ1v) is 7.15. The minimum Gasteiger partial charge on any atom is -0.465 e. The summed E-state index contributed by atoms with van der Waals surface area (Å²) in [7, 11) is 1.22. The fourth-order valence-corrected chi connectivity index (χ4v) is 2.03. The van der Waals surface area contributed by atoms with Crippen molar-refractivity contribution in [1.29, 1.82) is 0 Å². The molecule has 0 saturated carbocycles. The Morgan fingerprint density at radius 1 is 1.04 bits per heavy atom. The number of nitrogen functional groups attached to an aromatic ring is 1. The molecule has 0 spiro atoms. The number of esters is 1. The summed E-state index contributed by atoms with van der Waals surface area (Å²) in [6.07, 6.45) is 0. The third-order valence-corrected chi connectivity index (χ3v) is 3.37. The van der Waals surface area contributed by atoms with Crippen molar-refractivity contribution in [3.8, 4) is 0 Å². The lowest BCUT2D eigenvalue weighted by Gasteiger charge is -2.10. The summed E-state index contributed by atoms with van der Waals surface area (Å²) in [5.74, 6) is -2.49. The molecule has 2 aromatic rings. The normalized spacial score (nSPS) is 9.92. The molecule has 2 amide bonds. The van der Waals surface area contributed by atoms with E-state index in [1.54, 1.807) is 12.1 Å². The quantitative estimate of drug-likeness (QED) is 0.448. The largest absolute Gasteiger partial charge is 0.465 e. The number of nitrogens with two attached hydrogens (primary N) is 1. The van der Waals surface area contributed by atoms with Gasteiger partial charge in [0.2, 0.25) is 0 Å². The fourth-order valence-electron chi connectivity index (χ4n) is 1.85. The lowest BCUT2D eigenvalue weighted by molar-refractivity contribution is -0.133. The first-order chi connectivity index (χ1) is 11.4. The second-order valence-electron chi connectivity index (χ2n) is 4.68. The predicted molar refractivity (Wildman–Crippen MR) is 90.9 cm³/mol. The van der Waals surface area contributed by atoms with Gasteiger partial charge in [-0.3, -0.25) is 9.59 Å². The lowest BCUT2D eigenvalue weighted by Crippen LogP contribution is -2.29. The van der Waals surface area contributed by atoms with E-state index < -0.39 is 17.8 Å². The van der Waals surface area contributed by atoms with Crippen LogP contribution in [0.15, 0.2) is 42.5 Å². The molecule has 0 saturated heterocycles. The Morgan fingerprint density at radius 2 is 1.71 bits per heavy atom. The van der Waals surface area contributed by atoms with Crippen LogP contribution in [0.3, 0.4) is 0 Å². The molecule has 24 heavy (non-hydrogen) atoms. The first-order valence-electron chi connectivity index (χ1n) is 6.77. The van der Waals surface area contributed by atoms with Crippen molar-refractivity contribution in [1.82, 2.24) is 0 Å². The molecule has 0 radical (unpaired) electrons. The standard InChI is InChI=1S/C16H14ClN3O4/c1-24-16(23)10-4-2-3-5-13(10)20-15(22)14(21)19-9-6-7-12(18)11(17)8-9/h2-8H,18H2,1H3,(H,19,21)(H,20,22). The summed E-state index contributed by atoms with van der Waals surface area (Å²) < 4.78 is 4.62. The van der Waals surface area contributed by atoms with E-state index in [0.29, 0.717) is 11.4 Å². The molecule has 4 N–H and O–H groups in total. The fraction of sp³-hybridized carbons (Fsp3) is 0.0625. The average molecular weight is 348 g/mol. The van der Waals surface area contributed by atoms with Gasteiger partial charge in [0, 0.05) is 5.69 Å². The van der Waals surface area contributed by atoms with Crippen LogP contribution in [-0.4, -0.2) is 24.9 Å². The van der Waals surface area contributed by atoms with Gasteiger partial charge in [-0.25, -0.2) is 4.79 Å². The number of benzene rings is 2. The highest BCUT2D eigenvalue weighted by Gasteiger charge is 2.18. The van der Waals surface area contributed by atoms with Crippen molar-refractivity contribution < 1.29 is 19.1 Å². The maximum atomic E-state index is 12.0. The Labute approximate surface area is 142 Å². The number of nitrogens with one attached hydrogen (secondary N) is 2. The topological polar surface area (TPSA) is 111 Å². The van der Waals surface area contributed by atoms with E-state index in [0.717, 1.165) is 0 Å². The molecule has 0 bridgehead atoms. The van der Waals surface area contributed by atoms with Crippen LogP contribution >= 0.6 is 11.6 Å². The van der Waals surface area contributed by atoms with E-state index in [9.17, 15) is 14.4 Å². The van der Waals surface area contributed by atoms with Gasteiger partial charge in [0.1, 0.15) is 0 Å². The summed E-state index contributed by atoms with van der Waals surface area (Å²) in [4.78, 5) is 35.6. The Morgan fingerprint density at radius 3 is 2.38 bits per heavy atom. The summed E-state index contributed by atoms with van der Waals surface area (Å²) in [6.45, 7) is 0. The van der Waals surface area contributed by atoms with Gasteiger partial charge in [0.05, 0.1) is 29.1 Å². The number of ether oxygens (including phenoxy) is 1. The SMILES string of the molecule is COC(=O)c1ccccc1NC(=O)C(=O)Nc1ccc(N)c(Cl)c1. The van der Waals surface area contributed by atoms with Gasteiger partial charge in [-0.15, -0.1) is 0 Å². The molecular formula is C16H14ClN3O4. The van der Waals surface area contributed by atoms with E-state index in [-0.39, 0.29) is 16.3 Å². The van der Waals surface area contributed by atoms with Crippen LogP contribution < -0.4 is 16.4 Å². The number of amides is 2. The van der Waals surface area contributed by atoms with E-state index in [1.165, 1.54) is 37.4 Å². The van der Waals surface area contributed by atoms with Crippen LogP contribution in [0.4, 0.5) is 17.1 Å². The van der Waals surface area contributed by atoms with Crippen molar-refractivity contribution in [3.63, 3.8) is 0 Å². The Bertz CT molecular complexity index is 808. The van der Waals surface area contributed by atoms with Gasteiger partial charge in [-0.1, -0.05) is 23.7 Å². The number of anilines is 3. The lowest BCUT2D eigenvalue weighted by atomic mass is 10.2. The summed E-state index contributed by atoms with van der Waals surface area (Å²) in [5, 5.41) is 5.00. The number of carbonyl (C=O) groups excluding carboxylic acids is 3.